The van der Waals surface area contributed by atoms with E-state index >= 15 is 0 Å². The summed E-state index contributed by atoms with van der Waals surface area (Å²) in [6, 6.07) is 4.36. The molecule has 0 N–H and O–H groups in total. The first-order chi connectivity index (χ1) is 22.3. The molecule has 0 saturated carbocycles. The number of carbonyl (C=O) groups excluding carboxylic acids is 3. The number of ether oxygens (including phenoxy) is 6. The van der Waals surface area contributed by atoms with E-state index in [1.807, 2.05) is 0 Å². The molecule has 1 atom stereocenters. The topological polar surface area (TPSA) is 126 Å². The van der Waals surface area contributed by atoms with E-state index in [9.17, 15) is 18.8 Å². The number of aromatic nitrogens is 1. The summed E-state index contributed by atoms with van der Waals surface area (Å²) in [6.07, 6.45) is -0.839. The third kappa shape index (κ3) is 11.9. The van der Waals surface area contributed by atoms with Crippen LogP contribution in [0.2, 0.25) is 0 Å². The number of thiazole rings is 1. The lowest BCUT2D eigenvalue weighted by molar-refractivity contribution is -0.137. The van der Waals surface area contributed by atoms with E-state index in [2.05, 4.69) is 16.8 Å². The number of carbonyl (C=O) groups is 3. The average molecular weight is 692 g/mol. The van der Waals surface area contributed by atoms with Gasteiger partial charge in [-0.05, 0) is 86.4 Å². The average Bonchev–Trinajstić information content (AvgIpc) is 3.54. The molecule has 0 radical (unpaired) electrons. The smallest absolute Gasteiger partial charge is 0.416 e. The van der Waals surface area contributed by atoms with Crippen LogP contribution in [0.4, 0.5) is 19.1 Å². The number of nitrogens with zero attached hydrogens (tertiary/aromatic N) is 3. The Morgan fingerprint density at radius 1 is 1.10 bits per heavy atom. The molecule has 12 nitrogen and oxygen atoms in total. The largest absolute Gasteiger partial charge is 0.491 e. The molecule has 14 heteroatoms. The number of hydrogen-bond donors (Lipinski definition) is 0. The van der Waals surface area contributed by atoms with E-state index < -0.39 is 47.1 Å². The highest BCUT2D eigenvalue weighted by atomic mass is 32.1. The van der Waals surface area contributed by atoms with Crippen LogP contribution in [-0.4, -0.2) is 91.6 Å². The summed E-state index contributed by atoms with van der Waals surface area (Å²) in [7, 11) is 2.82. The van der Waals surface area contributed by atoms with Gasteiger partial charge in [0, 0.05) is 17.5 Å². The van der Waals surface area contributed by atoms with Crippen molar-refractivity contribution in [1.29, 1.82) is 0 Å². The maximum absolute atomic E-state index is 14.8. The number of aryl methyl sites for hydroxylation is 1. The molecule has 0 spiro atoms. The molecule has 0 aliphatic carbocycles. The number of halogens is 1. The Morgan fingerprint density at radius 3 is 2.35 bits per heavy atom. The standard InChI is InChI=1S/C34H46FN3O9S/c1-32(2,3)46-30(40)37(9)17-11-13-22-15-16-25(24(35)19-22)43-18-12-14-26-27(28(39)42-10)36-29(48-26)38(31(41)47-33(4,5)6)20-23-21-44-34(7,8)45-23/h15-16,19,23H,12,14,17-18,20-21H2,1-10H3. The fourth-order valence-corrected chi connectivity index (χ4v) is 5.35. The predicted octanol–water partition coefficient (Wildman–Crippen LogP) is 6.19. The lowest BCUT2D eigenvalue weighted by atomic mass is 10.2. The second kappa shape index (κ2) is 16.0. The van der Waals surface area contributed by atoms with Gasteiger partial charge in [0.1, 0.15) is 17.3 Å². The van der Waals surface area contributed by atoms with Gasteiger partial charge in [-0.3, -0.25) is 4.90 Å². The van der Waals surface area contributed by atoms with E-state index in [1.165, 1.54) is 29.0 Å². The van der Waals surface area contributed by atoms with Crippen molar-refractivity contribution < 1.29 is 47.2 Å². The molecule has 1 aliphatic rings. The van der Waals surface area contributed by atoms with E-state index in [0.717, 1.165) is 11.3 Å². The lowest BCUT2D eigenvalue weighted by Crippen LogP contribution is -2.42. The Bertz CT molecular complexity index is 1520. The summed E-state index contributed by atoms with van der Waals surface area (Å²) in [4.78, 5) is 45.7. The molecule has 3 rings (SSSR count). The Morgan fingerprint density at radius 2 is 1.77 bits per heavy atom. The van der Waals surface area contributed by atoms with E-state index in [0.29, 0.717) is 23.3 Å². The van der Waals surface area contributed by atoms with Crippen molar-refractivity contribution in [2.75, 3.05) is 45.4 Å². The Kier molecular flexibility index (Phi) is 12.8. The molecule has 2 amide bonds. The van der Waals surface area contributed by atoms with Crippen molar-refractivity contribution in [2.24, 2.45) is 0 Å². The van der Waals surface area contributed by atoms with Gasteiger partial charge in [-0.2, -0.15) is 0 Å². The lowest BCUT2D eigenvalue weighted by Gasteiger charge is -2.27. The number of amides is 2. The molecule has 264 valence electrons. The highest BCUT2D eigenvalue weighted by Gasteiger charge is 2.37. The van der Waals surface area contributed by atoms with Crippen LogP contribution in [0, 0.1) is 17.7 Å². The monoisotopic (exact) mass is 691 g/mol. The van der Waals surface area contributed by atoms with Gasteiger partial charge in [0.05, 0.1) is 33.4 Å². The highest BCUT2D eigenvalue weighted by molar-refractivity contribution is 7.16. The van der Waals surface area contributed by atoms with Gasteiger partial charge < -0.3 is 33.3 Å². The molecule has 1 saturated heterocycles. The van der Waals surface area contributed by atoms with Crippen molar-refractivity contribution in [3.05, 3.63) is 40.2 Å². The normalized spacial score (nSPS) is 15.6. The Labute approximate surface area is 285 Å². The minimum atomic E-state index is -0.803. The van der Waals surface area contributed by atoms with Gasteiger partial charge in [0.15, 0.2) is 28.2 Å². The summed E-state index contributed by atoms with van der Waals surface area (Å²) in [5, 5.41) is 0.244. The number of hydrogen-bond acceptors (Lipinski definition) is 11. The van der Waals surface area contributed by atoms with Crippen LogP contribution in [0.5, 0.6) is 5.75 Å². The number of anilines is 1. The number of rotatable bonds is 10. The Balaban J connectivity index is 1.66. The zero-order valence-corrected chi connectivity index (χ0v) is 30.2. The SMILES string of the molecule is COC(=O)c1nc(N(CC2COC(C)(C)O2)C(=O)OC(C)(C)C)sc1CCCOc1ccc(C#CCN(C)C(=O)OC(C)(C)C)cc1F. The third-order valence-corrected chi connectivity index (χ3v) is 7.49. The third-order valence-electron chi connectivity index (χ3n) is 6.35. The first-order valence-corrected chi connectivity index (χ1v) is 16.3. The van der Waals surface area contributed by atoms with Crippen LogP contribution in [0.15, 0.2) is 18.2 Å². The highest BCUT2D eigenvalue weighted by Crippen LogP contribution is 2.32. The molecular weight excluding hydrogens is 645 g/mol. The maximum atomic E-state index is 14.8. The molecule has 1 aliphatic heterocycles. The van der Waals surface area contributed by atoms with Gasteiger partial charge in [0.2, 0.25) is 0 Å². The summed E-state index contributed by atoms with van der Waals surface area (Å²) in [5.41, 5.74) is -0.902. The van der Waals surface area contributed by atoms with Gasteiger partial charge in [-0.15, -0.1) is 11.3 Å². The first kappa shape index (κ1) is 38.5. The second-order valence-electron chi connectivity index (χ2n) is 13.5. The predicted molar refractivity (Wildman–Crippen MR) is 178 cm³/mol. The maximum Gasteiger partial charge on any atom is 0.416 e. The quantitative estimate of drug-likeness (QED) is 0.123. The zero-order chi connectivity index (χ0) is 35.9. The molecule has 1 aromatic heterocycles. The Hall–Kier alpha value is -3.93. The van der Waals surface area contributed by atoms with Gasteiger partial charge in [-0.25, -0.2) is 23.8 Å². The van der Waals surface area contributed by atoms with Crippen molar-refractivity contribution in [1.82, 2.24) is 9.88 Å². The van der Waals surface area contributed by atoms with E-state index in [4.69, 9.17) is 28.4 Å². The zero-order valence-electron chi connectivity index (χ0n) is 29.4. The van der Waals surface area contributed by atoms with Crippen LogP contribution in [0.25, 0.3) is 0 Å². The molecule has 48 heavy (non-hydrogen) atoms. The van der Waals surface area contributed by atoms with E-state index in [1.54, 1.807) is 68.5 Å². The van der Waals surface area contributed by atoms with Crippen LogP contribution in [0.1, 0.15) is 82.7 Å². The number of benzene rings is 1. The summed E-state index contributed by atoms with van der Waals surface area (Å²) >= 11 is 1.15. The molecule has 2 aromatic rings. The first-order valence-electron chi connectivity index (χ1n) is 15.5. The van der Waals surface area contributed by atoms with Crippen molar-refractivity contribution in [2.45, 2.75) is 91.3 Å². The van der Waals surface area contributed by atoms with Crippen LogP contribution >= 0.6 is 11.3 Å². The summed E-state index contributed by atoms with van der Waals surface area (Å²) in [6.45, 7) is 14.8. The molecular formula is C34H46FN3O9S. The van der Waals surface area contributed by atoms with E-state index in [-0.39, 0.29) is 42.9 Å². The fourth-order valence-electron chi connectivity index (χ4n) is 4.26. The van der Waals surface area contributed by atoms with Crippen molar-refractivity contribution >= 4 is 34.6 Å². The van der Waals surface area contributed by atoms with Crippen molar-refractivity contribution in [3.8, 4) is 17.6 Å². The number of methoxy groups -OCH3 is 1. The fraction of sp³-hybridized carbons (Fsp3) is 0.588. The van der Waals surface area contributed by atoms with Crippen LogP contribution in [0.3, 0.4) is 0 Å². The second-order valence-corrected chi connectivity index (χ2v) is 14.6. The number of esters is 1. The molecule has 1 fully saturated rings. The molecule has 0 bridgehead atoms. The van der Waals surface area contributed by atoms with Crippen LogP contribution < -0.4 is 9.64 Å². The van der Waals surface area contributed by atoms with Crippen LogP contribution in [-0.2, 0) is 30.1 Å². The summed E-state index contributed by atoms with van der Waals surface area (Å²) in [5.74, 6) is 3.67. The van der Waals surface area contributed by atoms with Gasteiger partial charge in [0.25, 0.3) is 0 Å². The minimum Gasteiger partial charge on any atom is -0.491 e. The summed E-state index contributed by atoms with van der Waals surface area (Å²) < 4.78 is 47.9. The molecule has 1 unspecified atom stereocenters. The van der Waals surface area contributed by atoms with Gasteiger partial charge in [-0.1, -0.05) is 11.8 Å². The minimum absolute atomic E-state index is 0.0439. The molecule has 1 aromatic carbocycles. The van der Waals surface area contributed by atoms with Crippen molar-refractivity contribution in [3.63, 3.8) is 0 Å². The van der Waals surface area contributed by atoms with Gasteiger partial charge >= 0.3 is 18.2 Å². The molecule has 2 heterocycles.